The Labute approximate surface area is 169 Å². The summed E-state index contributed by atoms with van der Waals surface area (Å²) >= 11 is 0. The summed E-state index contributed by atoms with van der Waals surface area (Å²) in [5.74, 6) is -4.23. The summed E-state index contributed by atoms with van der Waals surface area (Å²) < 4.78 is 0. The Morgan fingerprint density at radius 1 is 1.07 bits per heavy atom. The predicted octanol–water partition coefficient (Wildman–Crippen LogP) is -1.10. The number of carboxylic acids is 2. The minimum absolute atomic E-state index is 0.0164. The molecule has 3 amide bonds. The van der Waals surface area contributed by atoms with Gasteiger partial charge in [-0.25, -0.2) is 4.79 Å². The zero-order chi connectivity index (χ0) is 22.3. The number of carbonyl (C=O) groups excluding carboxylic acids is 3. The summed E-state index contributed by atoms with van der Waals surface area (Å²) in [7, 11) is 0. The SMILES string of the molecule is CC(C)CC(NC(=O)C(N)CC(=O)O)C(=O)NC(C)C(=O)N1CCCC1C(=O)O. The molecule has 1 heterocycles. The molecule has 0 spiro atoms. The molecule has 1 rings (SSSR count). The number of hydrogen-bond donors (Lipinski definition) is 5. The Kier molecular flexibility index (Phi) is 9.02. The molecule has 1 aliphatic heterocycles. The summed E-state index contributed by atoms with van der Waals surface area (Å²) in [6.45, 7) is 5.41. The molecule has 1 fully saturated rings. The largest absolute Gasteiger partial charge is 0.481 e. The lowest BCUT2D eigenvalue weighted by molar-refractivity contribution is -0.149. The van der Waals surface area contributed by atoms with Crippen LogP contribution in [0.25, 0.3) is 0 Å². The number of hydrogen-bond acceptors (Lipinski definition) is 6. The molecule has 0 bridgehead atoms. The molecule has 0 aromatic carbocycles. The van der Waals surface area contributed by atoms with Gasteiger partial charge in [0, 0.05) is 6.54 Å². The number of nitrogens with zero attached hydrogens (tertiary/aromatic N) is 1. The van der Waals surface area contributed by atoms with Crippen molar-refractivity contribution in [1.29, 1.82) is 0 Å². The Morgan fingerprint density at radius 2 is 1.69 bits per heavy atom. The van der Waals surface area contributed by atoms with Crippen LogP contribution in [0.1, 0.15) is 46.5 Å². The minimum atomic E-state index is -1.31. The van der Waals surface area contributed by atoms with E-state index in [9.17, 15) is 29.1 Å². The topological polar surface area (TPSA) is 179 Å². The van der Waals surface area contributed by atoms with Crippen LogP contribution in [0, 0.1) is 5.92 Å². The molecule has 0 aliphatic carbocycles. The quantitative estimate of drug-likeness (QED) is 0.299. The number of carbonyl (C=O) groups is 5. The molecule has 4 atom stereocenters. The van der Waals surface area contributed by atoms with Gasteiger partial charge in [-0.3, -0.25) is 19.2 Å². The van der Waals surface area contributed by atoms with E-state index < -0.39 is 60.2 Å². The van der Waals surface area contributed by atoms with Crippen LogP contribution < -0.4 is 16.4 Å². The van der Waals surface area contributed by atoms with Gasteiger partial charge in [0.1, 0.15) is 18.1 Å². The molecule has 6 N–H and O–H groups in total. The fourth-order valence-electron chi connectivity index (χ4n) is 3.17. The number of nitrogens with one attached hydrogen (secondary N) is 2. The van der Waals surface area contributed by atoms with E-state index in [-0.39, 0.29) is 12.3 Å². The van der Waals surface area contributed by atoms with E-state index >= 15 is 0 Å². The van der Waals surface area contributed by atoms with Gasteiger partial charge in [-0.2, -0.15) is 0 Å². The summed E-state index contributed by atoms with van der Waals surface area (Å²) in [6.07, 6.45) is 0.591. The predicted molar refractivity (Wildman–Crippen MR) is 102 cm³/mol. The molecule has 4 unspecified atom stereocenters. The van der Waals surface area contributed by atoms with Crippen LogP contribution in [0.2, 0.25) is 0 Å². The van der Waals surface area contributed by atoms with Gasteiger partial charge in [-0.15, -0.1) is 0 Å². The van der Waals surface area contributed by atoms with Gasteiger partial charge in [0.15, 0.2) is 0 Å². The van der Waals surface area contributed by atoms with Gasteiger partial charge in [-0.1, -0.05) is 13.8 Å². The molecular weight excluding hydrogens is 384 g/mol. The molecular formula is C18H30N4O7. The molecule has 0 saturated carbocycles. The fourth-order valence-corrected chi connectivity index (χ4v) is 3.17. The van der Waals surface area contributed by atoms with Gasteiger partial charge in [0.25, 0.3) is 0 Å². The van der Waals surface area contributed by atoms with Crippen molar-refractivity contribution < 1.29 is 34.2 Å². The molecule has 0 aromatic heterocycles. The van der Waals surface area contributed by atoms with Crippen molar-refractivity contribution >= 4 is 29.7 Å². The number of rotatable bonds is 10. The van der Waals surface area contributed by atoms with Crippen molar-refractivity contribution in [3.63, 3.8) is 0 Å². The lowest BCUT2D eigenvalue weighted by Gasteiger charge is -2.27. The maximum atomic E-state index is 12.6. The molecule has 11 nitrogen and oxygen atoms in total. The van der Waals surface area contributed by atoms with Gasteiger partial charge in [-0.05, 0) is 32.1 Å². The number of nitrogens with two attached hydrogens (primary N) is 1. The normalized spacial score (nSPS) is 19.3. The van der Waals surface area contributed by atoms with Crippen molar-refractivity contribution in [3.8, 4) is 0 Å². The first kappa shape index (κ1) is 24.3. The highest BCUT2D eigenvalue weighted by molar-refractivity contribution is 5.94. The van der Waals surface area contributed by atoms with E-state index in [0.29, 0.717) is 19.4 Å². The standard InChI is InChI=1S/C18H30N4O7/c1-9(2)7-12(21-15(25)11(19)8-14(23)24)16(26)20-10(3)17(27)22-6-4-5-13(22)18(28)29/h9-13H,4-8,19H2,1-3H3,(H,20,26)(H,21,25)(H,23,24)(H,28,29). The zero-order valence-corrected chi connectivity index (χ0v) is 16.9. The third kappa shape index (κ3) is 7.33. The first-order valence-corrected chi connectivity index (χ1v) is 9.55. The van der Waals surface area contributed by atoms with Crippen LogP contribution in [0.5, 0.6) is 0 Å². The maximum absolute atomic E-state index is 12.6. The van der Waals surface area contributed by atoms with Crippen molar-refractivity contribution in [3.05, 3.63) is 0 Å². The highest BCUT2D eigenvalue weighted by atomic mass is 16.4. The third-order valence-corrected chi connectivity index (χ3v) is 4.62. The van der Waals surface area contributed by atoms with Crippen molar-refractivity contribution in [2.24, 2.45) is 11.7 Å². The average molecular weight is 414 g/mol. The summed E-state index contributed by atoms with van der Waals surface area (Å²) in [5.41, 5.74) is 5.53. The monoisotopic (exact) mass is 414 g/mol. The molecule has 1 aliphatic rings. The summed E-state index contributed by atoms with van der Waals surface area (Å²) in [5, 5.41) is 22.9. The lowest BCUT2D eigenvalue weighted by atomic mass is 10.0. The molecule has 0 radical (unpaired) electrons. The van der Waals surface area contributed by atoms with E-state index in [2.05, 4.69) is 10.6 Å². The van der Waals surface area contributed by atoms with E-state index in [1.165, 1.54) is 11.8 Å². The second kappa shape index (κ2) is 10.7. The molecule has 0 aromatic rings. The van der Waals surface area contributed by atoms with Gasteiger partial charge in [0.05, 0.1) is 12.5 Å². The third-order valence-electron chi connectivity index (χ3n) is 4.62. The van der Waals surface area contributed by atoms with Crippen LogP contribution >= 0.6 is 0 Å². The van der Waals surface area contributed by atoms with Crippen molar-refractivity contribution in [2.45, 2.75) is 70.6 Å². The van der Waals surface area contributed by atoms with E-state index in [1.807, 2.05) is 13.8 Å². The smallest absolute Gasteiger partial charge is 0.326 e. The van der Waals surface area contributed by atoms with E-state index in [4.69, 9.17) is 10.8 Å². The van der Waals surface area contributed by atoms with Crippen LogP contribution in [0.3, 0.4) is 0 Å². The molecule has 29 heavy (non-hydrogen) atoms. The highest BCUT2D eigenvalue weighted by Gasteiger charge is 2.37. The van der Waals surface area contributed by atoms with Crippen LogP contribution in [-0.2, 0) is 24.0 Å². The van der Waals surface area contributed by atoms with E-state index in [1.54, 1.807) is 0 Å². The van der Waals surface area contributed by atoms with Crippen LogP contribution in [0.15, 0.2) is 0 Å². The highest BCUT2D eigenvalue weighted by Crippen LogP contribution is 2.18. The van der Waals surface area contributed by atoms with Crippen molar-refractivity contribution in [1.82, 2.24) is 15.5 Å². The van der Waals surface area contributed by atoms with Crippen LogP contribution in [0.4, 0.5) is 0 Å². The molecule has 11 heteroatoms. The second-order valence-electron chi connectivity index (χ2n) is 7.65. The number of amides is 3. The Morgan fingerprint density at radius 3 is 2.21 bits per heavy atom. The summed E-state index contributed by atoms with van der Waals surface area (Å²) in [4.78, 5) is 60.5. The Bertz CT molecular complexity index is 652. The number of likely N-dealkylation sites (tertiary alicyclic amines) is 1. The van der Waals surface area contributed by atoms with Gasteiger partial charge < -0.3 is 31.5 Å². The lowest BCUT2D eigenvalue weighted by Crippen LogP contribution is -2.56. The second-order valence-corrected chi connectivity index (χ2v) is 7.65. The van der Waals surface area contributed by atoms with Crippen LogP contribution in [-0.4, -0.2) is 75.5 Å². The summed E-state index contributed by atoms with van der Waals surface area (Å²) in [6, 6.07) is -4.22. The fraction of sp³-hybridized carbons (Fsp3) is 0.722. The van der Waals surface area contributed by atoms with Gasteiger partial charge in [0.2, 0.25) is 17.7 Å². The zero-order valence-electron chi connectivity index (χ0n) is 16.9. The average Bonchev–Trinajstić information content (AvgIpc) is 3.09. The van der Waals surface area contributed by atoms with Gasteiger partial charge >= 0.3 is 11.9 Å². The Balaban J connectivity index is 2.78. The van der Waals surface area contributed by atoms with Crippen molar-refractivity contribution in [2.75, 3.05) is 6.54 Å². The molecule has 1 saturated heterocycles. The first-order valence-electron chi connectivity index (χ1n) is 9.55. The first-order chi connectivity index (χ1) is 13.4. The number of carboxylic acid groups (broad SMARTS) is 2. The number of aliphatic carboxylic acids is 2. The van der Waals surface area contributed by atoms with E-state index in [0.717, 1.165) is 0 Å². The Hall–Kier alpha value is -2.69. The molecule has 164 valence electrons. The maximum Gasteiger partial charge on any atom is 0.326 e. The minimum Gasteiger partial charge on any atom is -0.481 e.